The summed E-state index contributed by atoms with van der Waals surface area (Å²) in [6.07, 6.45) is -2.93. The molecule has 0 saturated heterocycles. The zero-order chi connectivity index (χ0) is 26.6. The van der Waals surface area contributed by atoms with Crippen molar-refractivity contribution in [1.29, 1.82) is 0 Å². The highest BCUT2D eigenvalue weighted by atomic mass is 16.6. The van der Waals surface area contributed by atoms with Crippen LogP contribution in [0.1, 0.15) is 44.7 Å². The molecule has 1 aromatic rings. The summed E-state index contributed by atoms with van der Waals surface area (Å²) in [6.45, 7) is 5.75. The van der Waals surface area contributed by atoms with Gasteiger partial charge in [-0.1, -0.05) is 13.0 Å². The van der Waals surface area contributed by atoms with Crippen molar-refractivity contribution in [3.63, 3.8) is 0 Å². The minimum atomic E-state index is -1.93. The number of rotatable bonds is 8. The Morgan fingerprint density at radius 1 is 1.28 bits per heavy atom. The third kappa shape index (κ3) is 3.82. The number of carbonyl (C=O) groups excluding carboxylic acids is 2. The van der Waals surface area contributed by atoms with E-state index in [-0.39, 0.29) is 29.7 Å². The number of aliphatic hydroxyl groups is 2. The van der Waals surface area contributed by atoms with Crippen molar-refractivity contribution in [3.05, 3.63) is 35.1 Å². The number of hydrogen-bond acceptors (Lipinski definition) is 10. The molecule has 196 valence electrons. The average molecular weight is 506 g/mol. The first-order valence-electron chi connectivity index (χ1n) is 11.8. The van der Waals surface area contributed by atoms with Gasteiger partial charge in [-0.15, -0.1) is 0 Å². The van der Waals surface area contributed by atoms with Gasteiger partial charge in [-0.2, -0.15) is 0 Å². The molecule has 11 heteroatoms. The number of benzene rings is 1. The number of carbonyl (C=O) groups is 3. The number of hydrogen-bond donors (Lipinski definition) is 4. The van der Waals surface area contributed by atoms with E-state index in [9.17, 15) is 29.7 Å². The normalized spacial score (nSPS) is 29.5. The second-order valence-corrected chi connectivity index (χ2v) is 9.79. The quantitative estimate of drug-likeness (QED) is 0.366. The minimum absolute atomic E-state index is 0.0885. The summed E-state index contributed by atoms with van der Waals surface area (Å²) < 4.78 is 16.6. The van der Waals surface area contributed by atoms with Crippen molar-refractivity contribution in [3.8, 4) is 11.5 Å². The van der Waals surface area contributed by atoms with E-state index in [1.807, 2.05) is 27.0 Å². The van der Waals surface area contributed by atoms with Gasteiger partial charge < -0.3 is 39.5 Å². The Morgan fingerprint density at radius 3 is 2.61 bits per heavy atom. The molecule has 3 aliphatic rings. The van der Waals surface area contributed by atoms with Crippen LogP contribution in [0, 0.1) is 0 Å². The van der Waals surface area contributed by atoms with Gasteiger partial charge in [0.15, 0.2) is 29.8 Å². The number of aromatic hydroxyl groups is 1. The number of aliphatic hydroxyl groups excluding tert-OH is 1. The second-order valence-electron chi connectivity index (χ2n) is 9.79. The van der Waals surface area contributed by atoms with Gasteiger partial charge in [0.1, 0.15) is 5.76 Å². The standard InChI is InChI=1S/C25H31NO10/c1-5-26(4)17-10-13-6-7-14(27)20-19(13)24(3)21(36-20)16(8-9-25(17,24)33)35-22(31)12(2)34-23(32)15(28)11-18(29)30/h6-8,12,15,17,21,27-28,33H,5,9-11H2,1-4H3,(H,29,30)/t12-,15-,17+,21-,24-,25+/m0/s1. The van der Waals surface area contributed by atoms with Gasteiger partial charge in [0.05, 0.1) is 17.4 Å². The van der Waals surface area contributed by atoms with Crippen molar-refractivity contribution in [2.24, 2.45) is 0 Å². The molecule has 1 aromatic carbocycles. The van der Waals surface area contributed by atoms with E-state index >= 15 is 0 Å². The first-order chi connectivity index (χ1) is 16.8. The molecule has 0 radical (unpaired) electrons. The summed E-state index contributed by atoms with van der Waals surface area (Å²) in [6, 6.07) is 3.09. The highest BCUT2D eigenvalue weighted by molar-refractivity contribution is 5.84. The number of esters is 2. The molecule has 6 atom stereocenters. The van der Waals surface area contributed by atoms with Gasteiger partial charge in [0, 0.05) is 18.0 Å². The van der Waals surface area contributed by atoms with Crippen molar-refractivity contribution in [2.75, 3.05) is 13.6 Å². The Balaban J connectivity index is 1.63. The molecule has 0 unspecified atom stereocenters. The SMILES string of the molecule is CCN(C)[C@@H]1Cc2ccc(O)c3c2[C@@]2(C)[C@@H](O3)C(OC(=O)[C@H](C)OC(=O)[C@@H](O)CC(=O)O)=CC[C@@]12O. The lowest BCUT2D eigenvalue weighted by Gasteiger charge is -2.56. The summed E-state index contributed by atoms with van der Waals surface area (Å²) in [7, 11) is 1.93. The van der Waals surface area contributed by atoms with Crippen molar-refractivity contribution >= 4 is 17.9 Å². The molecule has 1 aliphatic heterocycles. The molecule has 4 rings (SSSR count). The predicted molar refractivity (Wildman–Crippen MR) is 123 cm³/mol. The van der Waals surface area contributed by atoms with Crippen LogP contribution in [0.4, 0.5) is 0 Å². The predicted octanol–water partition coefficient (Wildman–Crippen LogP) is 0.616. The van der Waals surface area contributed by atoms with Crippen LogP contribution in [-0.2, 0) is 35.7 Å². The van der Waals surface area contributed by atoms with E-state index < -0.39 is 53.7 Å². The van der Waals surface area contributed by atoms with Gasteiger partial charge in [-0.25, -0.2) is 9.59 Å². The molecule has 0 spiro atoms. The maximum absolute atomic E-state index is 12.8. The molecule has 36 heavy (non-hydrogen) atoms. The summed E-state index contributed by atoms with van der Waals surface area (Å²) in [5.41, 5.74) is -0.771. The summed E-state index contributed by atoms with van der Waals surface area (Å²) >= 11 is 0. The topological polar surface area (TPSA) is 163 Å². The second kappa shape index (κ2) is 9.06. The fraction of sp³-hybridized carbons (Fsp3) is 0.560. The van der Waals surface area contributed by atoms with Crippen LogP contribution in [0.25, 0.3) is 0 Å². The van der Waals surface area contributed by atoms with E-state index in [2.05, 4.69) is 4.90 Å². The highest BCUT2D eigenvalue weighted by Gasteiger charge is 2.68. The number of ether oxygens (including phenoxy) is 3. The van der Waals surface area contributed by atoms with Crippen LogP contribution in [0.3, 0.4) is 0 Å². The number of phenols is 1. The highest BCUT2D eigenvalue weighted by Crippen LogP contribution is 2.62. The van der Waals surface area contributed by atoms with Crippen LogP contribution in [-0.4, -0.2) is 86.8 Å². The van der Waals surface area contributed by atoms with Crippen LogP contribution < -0.4 is 4.74 Å². The van der Waals surface area contributed by atoms with Gasteiger partial charge in [-0.3, -0.25) is 4.79 Å². The largest absolute Gasteiger partial charge is 0.504 e. The smallest absolute Gasteiger partial charge is 0.352 e. The Hall–Kier alpha value is -3.15. The van der Waals surface area contributed by atoms with Gasteiger partial charge >= 0.3 is 17.9 Å². The number of carboxylic acids is 1. The molecule has 2 aliphatic carbocycles. The maximum Gasteiger partial charge on any atom is 0.352 e. The molecule has 0 fully saturated rings. The van der Waals surface area contributed by atoms with Crippen molar-refractivity contribution in [1.82, 2.24) is 4.90 Å². The number of nitrogens with zero attached hydrogens (tertiary/aromatic N) is 1. The molecule has 1 heterocycles. The summed E-state index contributed by atoms with van der Waals surface area (Å²) in [4.78, 5) is 37.4. The van der Waals surface area contributed by atoms with Gasteiger partial charge in [0.2, 0.25) is 0 Å². The lowest BCUT2D eigenvalue weighted by molar-refractivity contribution is -0.173. The number of carboxylic acid groups (broad SMARTS) is 1. The molecular formula is C25H31NO10. The van der Waals surface area contributed by atoms with E-state index in [0.717, 1.165) is 5.56 Å². The fourth-order valence-electron chi connectivity index (χ4n) is 5.64. The van der Waals surface area contributed by atoms with Gasteiger partial charge in [0.25, 0.3) is 0 Å². The molecule has 11 nitrogen and oxygen atoms in total. The number of phenolic OH excluding ortho intramolecular Hbond substituents is 1. The molecule has 0 amide bonds. The van der Waals surface area contributed by atoms with Crippen LogP contribution in [0.15, 0.2) is 24.0 Å². The Morgan fingerprint density at radius 2 is 1.97 bits per heavy atom. The van der Waals surface area contributed by atoms with Crippen LogP contribution in [0.2, 0.25) is 0 Å². The lowest BCUT2D eigenvalue weighted by atomic mass is 9.54. The lowest BCUT2D eigenvalue weighted by Crippen LogP contribution is -2.69. The first kappa shape index (κ1) is 25.9. The third-order valence-corrected chi connectivity index (χ3v) is 7.75. The van der Waals surface area contributed by atoms with E-state index in [4.69, 9.17) is 19.3 Å². The summed E-state index contributed by atoms with van der Waals surface area (Å²) in [5.74, 6) is -3.39. The zero-order valence-corrected chi connectivity index (χ0v) is 20.6. The first-order valence-corrected chi connectivity index (χ1v) is 11.8. The van der Waals surface area contributed by atoms with Crippen molar-refractivity contribution < 1.29 is 49.0 Å². The number of likely N-dealkylation sites (N-methyl/N-ethyl adjacent to an activating group) is 1. The molecule has 0 aromatic heterocycles. The van der Waals surface area contributed by atoms with Crippen LogP contribution >= 0.6 is 0 Å². The number of aliphatic carboxylic acids is 1. The molecule has 0 saturated carbocycles. The van der Waals surface area contributed by atoms with E-state index in [0.29, 0.717) is 18.5 Å². The maximum atomic E-state index is 12.8. The summed E-state index contributed by atoms with van der Waals surface area (Å²) in [5, 5.41) is 41.0. The Kier molecular flexibility index (Phi) is 6.52. The zero-order valence-electron chi connectivity index (χ0n) is 20.6. The minimum Gasteiger partial charge on any atom is -0.504 e. The van der Waals surface area contributed by atoms with Crippen LogP contribution in [0.5, 0.6) is 11.5 Å². The Labute approximate surface area is 207 Å². The fourth-order valence-corrected chi connectivity index (χ4v) is 5.64. The molecule has 4 N–H and O–H groups in total. The molecule has 0 bridgehead atoms. The Bertz CT molecular complexity index is 1130. The monoisotopic (exact) mass is 505 g/mol. The average Bonchev–Trinajstić information content (AvgIpc) is 3.15. The third-order valence-electron chi connectivity index (χ3n) is 7.75. The van der Waals surface area contributed by atoms with Crippen molar-refractivity contribution in [2.45, 2.75) is 75.4 Å². The van der Waals surface area contributed by atoms with Gasteiger partial charge in [-0.05, 0) is 51.6 Å². The van der Waals surface area contributed by atoms with E-state index in [1.54, 1.807) is 12.1 Å². The molecular weight excluding hydrogens is 474 g/mol. The van der Waals surface area contributed by atoms with E-state index in [1.165, 1.54) is 6.92 Å².